The van der Waals surface area contributed by atoms with E-state index in [0.717, 1.165) is 11.1 Å². The second kappa shape index (κ2) is 10.9. The third kappa shape index (κ3) is 5.25. The average molecular weight is 558 g/mol. The van der Waals surface area contributed by atoms with Gasteiger partial charge in [0.2, 0.25) is 11.7 Å². The summed E-state index contributed by atoms with van der Waals surface area (Å²) in [5, 5.41) is 15.4. The number of amides is 2. The highest BCUT2D eigenvalue weighted by atomic mass is 19.1. The van der Waals surface area contributed by atoms with Gasteiger partial charge < -0.3 is 19.4 Å². The molecule has 3 heterocycles. The first kappa shape index (κ1) is 26.8. The molecule has 0 radical (unpaired) electrons. The van der Waals surface area contributed by atoms with Crippen molar-refractivity contribution < 1.29 is 28.0 Å². The van der Waals surface area contributed by atoms with Gasteiger partial charge in [-0.25, -0.2) is 8.78 Å². The van der Waals surface area contributed by atoms with Gasteiger partial charge in [0.15, 0.2) is 0 Å². The molecule has 1 N–H and O–H groups in total. The first-order chi connectivity index (χ1) is 19.8. The summed E-state index contributed by atoms with van der Waals surface area (Å²) in [5.74, 6) is -1.17. The number of hydrogen-bond acceptors (Lipinski definition) is 5. The Labute approximate surface area is 236 Å². The summed E-state index contributed by atoms with van der Waals surface area (Å²) >= 11 is 0. The minimum Gasteiger partial charge on any atom is -0.391 e. The molecular weight excluding hydrogens is 528 g/mol. The summed E-state index contributed by atoms with van der Waals surface area (Å²) in [5.41, 5.74) is 1.61. The van der Waals surface area contributed by atoms with Crippen LogP contribution in [0.4, 0.5) is 8.78 Å². The normalized spacial score (nSPS) is 20.4. The first-order valence-corrected chi connectivity index (χ1v) is 13.6. The van der Waals surface area contributed by atoms with Gasteiger partial charge >= 0.3 is 0 Å². The van der Waals surface area contributed by atoms with Gasteiger partial charge in [0, 0.05) is 31.3 Å². The van der Waals surface area contributed by atoms with Crippen molar-refractivity contribution in [3.63, 3.8) is 0 Å². The fourth-order valence-corrected chi connectivity index (χ4v) is 6.12. The zero-order valence-electron chi connectivity index (χ0n) is 22.2. The van der Waals surface area contributed by atoms with Gasteiger partial charge in [-0.3, -0.25) is 9.59 Å². The number of carbonyl (C=O) groups is 2. The molecule has 2 aliphatic rings. The molecule has 2 atom stereocenters. The van der Waals surface area contributed by atoms with Gasteiger partial charge in [-0.1, -0.05) is 59.8 Å². The molecule has 1 aromatic heterocycles. The summed E-state index contributed by atoms with van der Waals surface area (Å²) < 4.78 is 32.5. The van der Waals surface area contributed by atoms with Crippen molar-refractivity contribution in [3.05, 3.63) is 113 Å². The topological polar surface area (TPSA) is 86.9 Å². The van der Waals surface area contributed by atoms with Crippen molar-refractivity contribution in [2.75, 3.05) is 13.1 Å². The van der Waals surface area contributed by atoms with E-state index in [0.29, 0.717) is 37.2 Å². The van der Waals surface area contributed by atoms with Crippen molar-refractivity contribution in [1.82, 2.24) is 15.0 Å². The van der Waals surface area contributed by atoms with Crippen LogP contribution in [-0.4, -0.2) is 51.1 Å². The second-order valence-corrected chi connectivity index (χ2v) is 10.8. The number of aromatic nitrogens is 1. The summed E-state index contributed by atoms with van der Waals surface area (Å²) in [7, 11) is 0. The molecule has 0 aliphatic carbocycles. The summed E-state index contributed by atoms with van der Waals surface area (Å²) in [4.78, 5) is 30.8. The monoisotopic (exact) mass is 557 g/mol. The molecule has 2 amide bonds. The van der Waals surface area contributed by atoms with Crippen molar-refractivity contribution >= 4 is 11.8 Å². The lowest BCUT2D eigenvalue weighted by atomic mass is 9.68. The van der Waals surface area contributed by atoms with E-state index in [2.05, 4.69) is 5.16 Å². The van der Waals surface area contributed by atoms with Crippen LogP contribution >= 0.6 is 0 Å². The highest BCUT2D eigenvalue weighted by molar-refractivity contribution is 5.93. The number of carbonyl (C=O) groups excluding carboxylic acids is 2. The van der Waals surface area contributed by atoms with Gasteiger partial charge in [0.25, 0.3) is 5.91 Å². The fourth-order valence-electron chi connectivity index (χ4n) is 6.12. The van der Waals surface area contributed by atoms with Crippen molar-refractivity contribution in [1.29, 1.82) is 0 Å². The second-order valence-electron chi connectivity index (χ2n) is 10.8. The third-order valence-electron chi connectivity index (χ3n) is 8.27. The molecule has 41 heavy (non-hydrogen) atoms. The Hall–Kier alpha value is -4.37. The molecule has 0 bridgehead atoms. The molecule has 3 aromatic carbocycles. The van der Waals surface area contributed by atoms with Crippen LogP contribution in [0.3, 0.4) is 0 Å². The maximum Gasteiger partial charge on any atom is 0.292 e. The van der Waals surface area contributed by atoms with E-state index in [4.69, 9.17) is 4.52 Å². The molecule has 7 nitrogen and oxygen atoms in total. The molecule has 0 unspecified atom stereocenters. The number of aliphatic hydroxyl groups is 1. The zero-order valence-corrected chi connectivity index (χ0v) is 22.2. The largest absolute Gasteiger partial charge is 0.391 e. The van der Waals surface area contributed by atoms with Gasteiger partial charge in [-0.15, -0.1) is 0 Å². The van der Waals surface area contributed by atoms with Crippen molar-refractivity contribution in [2.24, 2.45) is 5.41 Å². The number of benzene rings is 3. The highest BCUT2D eigenvalue weighted by Gasteiger charge is 2.53. The number of rotatable bonds is 5. The third-order valence-corrected chi connectivity index (χ3v) is 8.27. The highest BCUT2D eigenvalue weighted by Crippen LogP contribution is 2.47. The van der Waals surface area contributed by atoms with Crippen molar-refractivity contribution in [3.8, 4) is 11.3 Å². The van der Waals surface area contributed by atoms with E-state index < -0.39 is 23.4 Å². The summed E-state index contributed by atoms with van der Waals surface area (Å²) in [6.45, 7) is 0.822. The average Bonchev–Trinajstić information content (AvgIpc) is 3.48. The van der Waals surface area contributed by atoms with Crippen LogP contribution in [0, 0.1) is 17.0 Å². The predicted molar refractivity (Wildman–Crippen MR) is 146 cm³/mol. The maximum absolute atomic E-state index is 14.2. The number of halogens is 2. The molecule has 2 fully saturated rings. The lowest BCUT2D eigenvalue weighted by Gasteiger charge is -2.51. The van der Waals surface area contributed by atoms with Crippen LogP contribution in [0.1, 0.15) is 47.0 Å². The minimum absolute atomic E-state index is 0.0392. The Bertz CT molecular complexity index is 1550. The Morgan fingerprint density at radius 3 is 2.39 bits per heavy atom. The SMILES string of the molecule is O=C(c1cc(-c2cccc(F)c2)no1)N1CCC2(CC1)C[C@@H](O)[C@H](c1ccccc1)N(Cc1ccc(F)cc1)C2=O. The number of likely N-dealkylation sites (tertiary alicyclic amines) is 2. The molecule has 2 aliphatic heterocycles. The molecule has 0 saturated carbocycles. The summed E-state index contributed by atoms with van der Waals surface area (Å²) in [6.07, 6.45) is 0.210. The Kier molecular flexibility index (Phi) is 7.13. The lowest BCUT2D eigenvalue weighted by molar-refractivity contribution is -0.164. The molecule has 6 rings (SSSR count). The molecule has 210 valence electrons. The van der Waals surface area contributed by atoms with E-state index in [1.165, 1.54) is 30.3 Å². The molecular formula is C32H29F2N3O4. The minimum atomic E-state index is -0.838. The molecule has 9 heteroatoms. The summed E-state index contributed by atoms with van der Waals surface area (Å²) in [6, 6.07) is 22.3. The molecule has 1 spiro atoms. The van der Waals surface area contributed by atoms with Crippen LogP contribution in [0.5, 0.6) is 0 Å². The zero-order chi connectivity index (χ0) is 28.6. The van der Waals surface area contributed by atoms with E-state index in [-0.39, 0.29) is 36.4 Å². The fraction of sp³-hybridized carbons (Fsp3) is 0.281. The Balaban J connectivity index is 1.21. The van der Waals surface area contributed by atoms with E-state index in [1.54, 1.807) is 34.1 Å². The van der Waals surface area contributed by atoms with E-state index in [9.17, 15) is 23.5 Å². The Morgan fingerprint density at radius 2 is 1.68 bits per heavy atom. The van der Waals surface area contributed by atoms with E-state index >= 15 is 0 Å². The number of nitrogens with zero attached hydrogens (tertiary/aromatic N) is 3. The smallest absolute Gasteiger partial charge is 0.292 e. The van der Waals surface area contributed by atoms with Crippen molar-refractivity contribution in [2.45, 2.75) is 38.0 Å². The van der Waals surface area contributed by atoms with Crippen LogP contribution < -0.4 is 0 Å². The lowest BCUT2D eigenvalue weighted by Crippen LogP contribution is -2.58. The van der Waals surface area contributed by atoms with E-state index in [1.807, 2.05) is 30.3 Å². The predicted octanol–water partition coefficient (Wildman–Crippen LogP) is 5.38. The van der Waals surface area contributed by atoms with Crippen LogP contribution in [-0.2, 0) is 11.3 Å². The van der Waals surface area contributed by atoms with Gasteiger partial charge in [0.1, 0.15) is 17.3 Å². The molecule has 4 aromatic rings. The van der Waals surface area contributed by atoms with Gasteiger partial charge in [-0.05, 0) is 54.7 Å². The number of aliphatic hydroxyl groups excluding tert-OH is 1. The van der Waals surface area contributed by atoms with Crippen LogP contribution in [0.15, 0.2) is 89.5 Å². The standard InChI is InChI=1S/C32H29F2N3O4/c33-24-11-9-21(10-12-24)20-37-29(22-5-2-1-3-6-22)27(38)19-32(31(37)40)13-15-36(16-14-32)30(39)28-18-26(35-41-28)23-7-4-8-25(34)17-23/h1-12,17-18,27,29,38H,13-16,19-20H2/t27-,29+/m1/s1. The number of hydrogen-bond donors (Lipinski definition) is 1. The Morgan fingerprint density at radius 1 is 0.951 bits per heavy atom. The maximum atomic E-state index is 14.2. The molecule has 2 saturated heterocycles. The first-order valence-electron chi connectivity index (χ1n) is 13.6. The number of piperidine rings is 2. The van der Waals surface area contributed by atoms with Crippen LogP contribution in [0.2, 0.25) is 0 Å². The van der Waals surface area contributed by atoms with Crippen LogP contribution in [0.25, 0.3) is 11.3 Å². The van der Waals surface area contributed by atoms with Gasteiger partial charge in [0.05, 0.1) is 17.6 Å². The van der Waals surface area contributed by atoms with Gasteiger partial charge in [-0.2, -0.15) is 0 Å². The quantitative estimate of drug-likeness (QED) is 0.356.